The highest BCUT2D eigenvalue weighted by Gasteiger charge is 2.56. The van der Waals surface area contributed by atoms with Crippen molar-refractivity contribution < 1.29 is 0 Å². The Balaban J connectivity index is 1.42. The number of nitrogens with one attached hydrogen (secondary N) is 1. The summed E-state index contributed by atoms with van der Waals surface area (Å²) < 4.78 is 0. The van der Waals surface area contributed by atoms with Gasteiger partial charge in [0.1, 0.15) is 0 Å². The van der Waals surface area contributed by atoms with Gasteiger partial charge in [0.2, 0.25) is 0 Å². The Kier molecular flexibility index (Phi) is 3.28. The summed E-state index contributed by atoms with van der Waals surface area (Å²) in [5, 5.41) is 6.30. The van der Waals surface area contributed by atoms with E-state index in [1.165, 1.54) is 25.7 Å². The van der Waals surface area contributed by atoms with Crippen molar-refractivity contribution in [1.29, 1.82) is 0 Å². The van der Waals surface area contributed by atoms with Crippen molar-refractivity contribution >= 4 is 11.3 Å². The quantitative estimate of drug-likeness (QED) is 0.816. The van der Waals surface area contributed by atoms with E-state index in [1.807, 2.05) is 11.3 Å². The molecule has 2 bridgehead atoms. The average molecular weight is 304 g/mol. The highest BCUT2D eigenvalue weighted by molar-refractivity contribution is 7.10. The zero-order valence-corrected chi connectivity index (χ0v) is 14.7. The summed E-state index contributed by atoms with van der Waals surface area (Å²) in [5.41, 5.74) is 3.84. The van der Waals surface area contributed by atoms with Gasteiger partial charge in [-0.3, -0.25) is 0 Å². The molecule has 4 aliphatic rings. The fourth-order valence-corrected chi connectivity index (χ4v) is 6.28. The van der Waals surface area contributed by atoms with E-state index in [1.54, 1.807) is 16.0 Å². The van der Waals surface area contributed by atoms with E-state index in [0.717, 1.165) is 36.3 Å². The van der Waals surface area contributed by atoms with Crippen LogP contribution < -0.4 is 5.32 Å². The first-order valence-corrected chi connectivity index (χ1v) is 9.66. The summed E-state index contributed by atoms with van der Waals surface area (Å²) in [6.07, 6.45) is 5.72. The van der Waals surface area contributed by atoms with Crippen LogP contribution >= 0.6 is 11.3 Å². The van der Waals surface area contributed by atoms with E-state index in [4.69, 9.17) is 0 Å². The third kappa shape index (κ3) is 2.21. The Morgan fingerprint density at radius 2 is 2.05 bits per heavy atom. The molecule has 21 heavy (non-hydrogen) atoms. The normalized spacial score (nSPS) is 37.3. The predicted molar refractivity (Wildman–Crippen MR) is 90.8 cm³/mol. The van der Waals surface area contributed by atoms with Crippen LogP contribution in [0.2, 0.25) is 0 Å². The van der Waals surface area contributed by atoms with Gasteiger partial charge in [0.25, 0.3) is 0 Å². The third-order valence-corrected chi connectivity index (χ3v) is 8.09. The molecule has 1 N–H and O–H groups in total. The van der Waals surface area contributed by atoms with Crippen LogP contribution in [-0.4, -0.2) is 6.04 Å². The number of rotatable bonds is 4. The van der Waals surface area contributed by atoms with Gasteiger partial charge in [-0.05, 0) is 78.2 Å². The molecule has 4 aliphatic carbocycles. The Morgan fingerprint density at radius 1 is 1.29 bits per heavy atom. The lowest BCUT2D eigenvalue weighted by molar-refractivity contribution is -0.115. The van der Waals surface area contributed by atoms with Crippen molar-refractivity contribution in [3.05, 3.63) is 21.4 Å². The molecule has 1 nitrogen and oxygen atoms in total. The maximum absolute atomic E-state index is 3.93. The first kappa shape index (κ1) is 14.3. The van der Waals surface area contributed by atoms with Gasteiger partial charge in [-0.25, -0.2) is 0 Å². The second kappa shape index (κ2) is 4.83. The monoisotopic (exact) mass is 303 g/mol. The molecule has 0 unspecified atom stereocenters. The SMILES string of the molecule is Cc1csc(CN[C@@H]2C[C@@H]3C[C@H]([C@H]2C)C3(C)C)c1C1CC1. The van der Waals surface area contributed by atoms with E-state index in [2.05, 4.69) is 38.4 Å². The summed E-state index contributed by atoms with van der Waals surface area (Å²) in [6.45, 7) is 10.9. The maximum atomic E-state index is 3.93. The molecule has 0 saturated heterocycles. The van der Waals surface area contributed by atoms with E-state index in [-0.39, 0.29) is 0 Å². The largest absolute Gasteiger partial charge is 0.309 e. The summed E-state index contributed by atoms with van der Waals surface area (Å²) in [7, 11) is 0. The number of hydrogen-bond donors (Lipinski definition) is 1. The van der Waals surface area contributed by atoms with Crippen LogP contribution in [0.5, 0.6) is 0 Å². The van der Waals surface area contributed by atoms with Crippen molar-refractivity contribution in [2.45, 2.75) is 71.9 Å². The molecule has 4 fully saturated rings. The van der Waals surface area contributed by atoms with Crippen LogP contribution in [0, 0.1) is 30.1 Å². The number of hydrogen-bond acceptors (Lipinski definition) is 2. The van der Waals surface area contributed by atoms with Gasteiger partial charge in [0, 0.05) is 17.5 Å². The van der Waals surface area contributed by atoms with Gasteiger partial charge in [0.15, 0.2) is 0 Å². The van der Waals surface area contributed by atoms with Gasteiger partial charge in [-0.15, -0.1) is 11.3 Å². The first-order valence-electron chi connectivity index (χ1n) is 8.78. The Bertz CT molecular complexity index is 540. The topological polar surface area (TPSA) is 12.0 Å². The van der Waals surface area contributed by atoms with Gasteiger partial charge >= 0.3 is 0 Å². The molecule has 4 saturated carbocycles. The highest BCUT2D eigenvalue weighted by Crippen LogP contribution is 2.61. The lowest BCUT2D eigenvalue weighted by Crippen LogP contribution is -2.59. The number of fused-ring (bicyclic) bond motifs is 2. The summed E-state index contributed by atoms with van der Waals surface area (Å²) in [5.74, 6) is 3.64. The smallest absolute Gasteiger partial charge is 0.0305 e. The molecule has 4 atom stereocenters. The van der Waals surface area contributed by atoms with E-state index in [0.29, 0.717) is 5.41 Å². The minimum Gasteiger partial charge on any atom is -0.309 e. The van der Waals surface area contributed by atoms with Crippen molar-refractivity contribution in [2.75, 3.05) is 0 Å². The predicted octanol–water partition coefficient (Wildman–Crippen LogP) is 5.09. The number of thiophene rings is 1. The van der Waals surface area contributed by atoms with Crippen LogP contribution in [0.15, 0.2) is 5.38 Å². The molecule has 0 spiro atoms. The van der Waals surface area contributed by atoms with Gasteiger partial charge in [-0.1, -0.05) is 20.8 Å². The lowest BCUT2D eigenvalue weighted by atomic mass is 9.45. The van der Waals surface area contributed by atoms with Crippen LogP contribution in [0.3, 0.4) is 0 Å². The minimum atomic E-state index is 0.607. The van der Waals surface area contributed by atoms with Crippen LogP contribution in [0.25, 0.3) is 0 Å². The molecule has 5 rings (SSSR count). The highest BCUT2D eigenvalue weighted by atomic mass is 32.1. The van der Waals surface area contributed by atoms with Crippen LogP contribution in [-0.2, 0) is 6.54 Å². The second-order valence-corrected chi connectivity index (χ2v) is 9.44. The van der Waals surface area contributed by atoms with Crippen molar-refractivity contribution in [3.8, 4) is 0 Å². The zero-order chi connectivity index (χ0) is 14.8. The van der Waals surface area contributed by atoms with Gasteiger partial charge in [-0.2, -0.15) is 0 Å². The molecule has 0 radical (unpaired) electrons. The van der Waals surface area contributed by atoms with Gasteiger partial charge in [0.05, 0.1) is 0 Å². The second-order valence-electron chi connectivity index (χ2n) is 8.47. The molecule has 1 heterocycles. The standard InChI is InChI=1S/C19H29NS/c1-11-10-21-17(18(11)13-5-6-13)9-20-16-8-14-7-15(12(16)2)19(14,3)4/h10,12-16,20H,5-9H2,1-4H3/t12-,14+,15-,16-/m1/s1. The third-order valence-electron chi connectivity index (χ3n) is 6.97. The molecule has 116 valence electrons. The Labute approximate surface area is 133 Å². The minimum absolute atomic E-state index is 0.607. The fraction of sp³-hybridized carbons (Fsp3) is 0.789. The average Bonchev–Trinajstić information content (AvgIpc) is 3.21. The first-order chi connectivity index (χ1) is 9.98. The van der Waals surface area contributed by atoms with E-state index >= 15 is 0 Å². The van der Waals surface area contributed by atoms with E-state index < -0.39 is 0 Å². The Morgan fingerprint density at radius 3 is 2.67 bits per heavy atom. The molecule has 0 aliphatic heterocycles. The fourth-order valence-electron chi connectivity index (χ4n) is 5.21. The van der Waals surface area contributed by atoms with E-state index in [9.17, 15) is 0 Å². The molecule has 1 aromatic rings. The van der Waals surface area contributed by atoms with Crippen LogP contribution in [0.1, 0.15) is 68.4 Å². The Hall–Kier alpha value is -0.340. The van der Waals surface area contributed by atoms with Gasteiger partial charge < -0.3 is 5.32 Å². The summed E-state index contributed by atoms with van der Waals surface area (Å²) >= 11 is 1.98. The molecule has 0 amide bonds. The number of aryl methyl sites for hydroxylation is 1. The molecule has 2 heteroatoms. The van der Waals surface area contributed by atoms with Crippen LogP contribution in [0.4, 0.5) is 0 Å². The van der Waals surface area contributed by atoms with Crippen molar-refractivity contribution in [3.63, 3.8) is 0 Å². The lowest BCUT2D eigenvalue weighted by Gasteiger charge is -2.62. The summed E-state index contributed by atoms with van der Waals surface area (Å²) in [6, 6.07) is 0.747. The molecular weight excluding hydrogens is 274 g/mol. The molecular formula is C19H29NS. The molecule has 0 aromatic carbocycles. The van der Waals surface area contributed by atoms with Crippen molar-refractivity contribution in [2.24, 2.45) is 23.2 Å². The zero-order valence-electron chi connectivity index (χ0n) is 13.9. The van der Waals surface area contributed by atoms with Crippen molar-refractivity contribution in [1.82, 2.24) is 5.32 Å². The summed E-state index contributed by atoms with van der Waals surface area (Å²) in [4.78, 5) is 1.63. The maximum Gasteiger partial charge on any atom is 0.0305 e. The molecule has 1 aromatic heterocycles.